The summed E-state index contributed by atoms with van der Waals surface area (Å²) < 4.78 is 0. The SMILES string of the molecule is NC1CCC(CNCCc2c[nH]c3ccccc23)CC1. The number of nitrogens with one attached hydrogen (secondary N) is 2. The zero-order chi connectivity index (χ0) is 13.8. The molecule has 2 aromatic rings. The zero-order valence-electron chi connectivity index (χ0n) is 12.1. The maximum absolute atomic E-state index is 5.94. The van der Waals surface area contributed by atoms with Crippen molar-refractivity contribution in [2.75, 3.05) is 13.1 Å². The van der Waals surface area contributed by atoms with E-state index in [0.717, 1.165) is 25.4 Å². The molecule has 1 fully saturated rings. The number of hydrogen-bond acceptors (Lipinski definition) is 2. The van der Waals surface area contributed by atoms with E-state index < -0.39 is 0 Å². The average molecular weight is 271 g/mol. The summed E-state index contributed by atoms with van der Waals surface area (Å²) in [5.41, 5.74) is 8.60. The molecule has 4 N–H and O–H groups in total. The molecule has 1 aromatic carbocycles. The van der Waals surface area contributed by atoms with E-state index in [0.29, 0.717) is 6.04 Å². The van der Waals surface area contributed by atoms with Gasteiger partial charge in [-0.05, 0) is 62.7 Å². The Morgan fingerprint density at radius 1 is 1.15 bits per heavy atom. The third-order valence-corrected chi connectivity index (χ3v) is 4.57. The molecule has 1 aliphatic rings. The molecular weight excluding hydrogens is 246 g/mol. The number of benzene rings is 1. The lowest BCUT2D eigenvalue weighted by Gasteiger charge is -2.26. The highest BCUT2D eigenvalue weighted by molar-refractivity contribution is 5.83. The summed E-state index contributed by atoms with van der Waals surface area (Å²) in [6.45, 7) is 2.21. The lowest BCUT2D eigenvalue weighted by molar-refractivity contribution is 0.315. The van der Waals surface area contributed by atoms with Crippen molar-refractivity contribution in [2.45, 2.75) is 38.1 Å². The number of rotatable bonds is 5. The van der Waals surface area contributed by atoms with E-state index >= 15 is 0 Å². The van der Waals surface area contributed by atoms with Crippen molar-refractivity contribution in [1.29, 1.82) is 0 Å². The third-order valence-electron chi connectivity index (χ3n) is 4.57. The molecule has 0 saturated heterocycles. The Morgan fingerprint density at radius 3 is 2.80 bits per heavy atom. The lowest BCUT2D eigenvalue weighted by Crippen LogP contribution is -2.32. The normalized spacial score (nSPS) is 23.2. The third kappa shape index (κ3) is 3.22. The lowest BCUT2D eigenvalue weighted by atomic mass is 9.86. The number of aromatic amines is 1. The highest BCUT2D eigenvalue weighted by Crippen LogP contribution is 2.22. The first-order chi connectivity index (χ1) is 9.83. The second-order valence-electron chi connectivity index (χ2n) is 6.09. The molecule has 108 valence electrons. The van der Waals surface area contributed by atoms with Crippen LogP contribution in [-0.2, 0) is 6.42 Å². The fraction of sp³-hybridized carbons (Fsp3) is 0.529. The van der Waals surface area contributed by atoms with Crippen LogP contribution in [0.1, 0.15) is 31.2 Å². The summed E-state index contributed by atoms with van der Waals surface area (Å²) in [6.07, 6.45) is 8.23. The molecule has 3 nitrogen and oxygen atoms in total. The van der Waals surface area contributed by atoms with Crippen LogP contribution in [0, 0.1) is 5.92 Å². The largest absolute Gasteiger partial charge is 0.361 e. The van der Waals surface area contributed by atoms with Crippen molar-refractivity contribution in [3.05, 3.63) is 36.0 Å². The highest BCUT2D eigenvalue weighted by atomic mass is 14.9. The first-order valence-electron chi connectivity index (χ1n) is 7.84. The van der Waals surface area contributed by atoms with E-state index in [1.807, 2.05) is 0 Å². The summed E-state index contributed by atoms with van der Waals surface area (Å²) in [5, 5.41) is 4.98. The minimum atomic E-state index is 0.456. The van der Waals surface area contributed by atoms with Crippen LogP contribution in [0.4, 0.5) is 0 Å². The first-order valence-corrected chi connectivity index (χ1v) is 7.84. The second kappa shape index (κ2) is 6.42. The maximum atomic E-state index is 5.94. The van der Waals surface area contributed by atoms with Crippen LogP contribution < -0.4 is 11.1 Å². The van der Waals surface area contributed by atoms with Crippen LogP contribution in [-0.4, -0.2) is 24.1 Å². The molecule has 1 heterocycles. The van der Waals surface area contributed by atoms with E-state index in [1.165, 1.54) is 42.1 Å². The highest BCUT2D eigenvalue weighted by Gasteiger charge is 2.17. The van der Waals surface area contributed by atoms with Gasteiger partial charge in [-0.25, -0.2) is 0 Å². The topological polar surface area (TPSA) is 53.8 Å². The molecule has 1 aliphatic carbocycles. The van der Waals surface area contributed by atoms with Crippen LogP contribution in [0.15, 0.2) is 30.5 Å². The molecule has 20 heavy (non-hydrogen) atoms. The van der Waals surface area contributed by atoms with E-state index in [1.54, 1.807) is 0 Å². The van der Waals surface area contributed by atoms with Crippen molar-refractivity contribution in [3.8, 4) is 0 Å². The molecule has 1 aromatic heterocycles. The number of H-pyrrole nitrogens is 1. The summed E-state index contributed by atoms with van der Waals surface area (Å²) in [4.78, 5) is 3.34. The van der Waals surface area contributed by atoms with Gasteiger partial charge in [-0.15, -0.1) is 0 Å². The zero-order valence-corrected chi connectivity index (χ0v) is 12.1. The van der Waals surface area contributed by atoms with Crippen LogP contribution in [0.2, 0.25) is 0 Å². The fourth-order valence-corrected chi connectivity index (χ4v) is 3.26. The summed E-state index contributed by atoms with van der Waals surface area (Å²) >= 11 is 0. The Labute approximate surface area is 120 Å². The maximum Gasteiger partial charge on any atom is 0.0456 e. The van der Waals surface area contributed by atoms with Crippen LogP contribution >= 0.6 is 0 Å². The number of hydrogen-bond donors (Lipinski definition) is 3. The Kier molecular flexibility index (Phi) is 4.38. The van der Waals surface area contributed by atoms with Crippen molar-refractivity contribution in [2.24, 2.45) is 11.7 Å². The molecule has 3 rings (SSSR count). The standard InChI is InChI=1S/C17H25N3/c18-15-7-5-13(6-8-15)11-19-10-9-14-12-20-17-4-2-1-3-16(14)17/h1-4,12-13,15,19-20H,5-11,18H2. The monoisotopic (exact) mass is 271 g/mol. The Hall–Kier alpha value is -1.32. The van der Waals surface area contributed by atoms with Gasteiger partial charge < -0.3 is 16.0 Å². The molecule has 0 bridgehead atoms. The van der Waals surface area contributed by atoms with E-state index in [9.17, 15) is 0 Å². The number of para-hydroxylation sites is 1. The van der Waals surface area contributed by atoms with Gasteiger partial charge in [0.15, 0.2) is 0 Å². The Morgan fingerprint density at radius 2 is 1.95 bits per heavy atom. The molecule has 0 radical (unpaired) electrons. The second-order valence-corrected chi connectivity index (χ2v) is 6.09. The van der Waals surface area contributed by atoms with Gasteiger partial charge in [0.05, 0.1) is 0 Å². The Bertz CT molecular complexity index is 538. The van der Waals surface area contributed by atoms with Crippen molar-refractivity contribution >= 4 is 10.9 Å². The average Bonchev–Trinajstić information content (AvgIpc) is 2.89. The summed E-state index contributed by atoms with van der Waals surface area (Å²) in [5.74, 6) is 0.831. The van der Waals surface area contributed by atoms with Crippen molar-refractivity contribution < 1.29 is 0 Å². The number of fused-ring (bicyclic) bond motifs is 1. The van der Waals surface area contributed by atoms with Crippen LogP contribution in [0.5, 0.6) is 0 Å². The van der Waals surface area contributed by atoms with Gasteiger partial charge in [0.1, 0.15) is 0 Å². The van der Waals surface area contributed by atoms with E-state index in [-0.39, 0.29) is 0 Å². The molecule has 0 atom stereocenters. The molecule has 0 spiro atoms. The predicted molar refractivity (Wildman–Crippen MR) is 84.8 cm³/mol. The number of nitrogens with two attached hydrogens (primary N) is 1. The van der Waals surface area contributed by atoms with Crippen LogP contribution in [0.25, 0.3) is 10.9 Å². The van der Waals surface area contributed by atoms with Gasteiger partial charge in [0, 0.05) is 23.1 Å². The van der Waals surface area contributed by atoms with Gasteiger partial charge >= 0.3 is 0 Å². The smallest absolute Gasteiger partial charge is 0.0456 e. The molecule has 0 unspecified atom stereocenters. The van der Waals surface area contributed by atoms with E-state index in [2.05, 4.69) is 40.8 Å². The predicted octanol–water partition coefficient (Wildman–Crippen LogP) is 2.82. The van der Waals surface area contributed by atoms with Crippen molar-refractivity contribution in [1.82, 2.24) is 10.3 Å². The molecule has 3 heteroatoms. The molecule has 1 saturated carbocycles. The minimum absolute atomic E-state index is 0.456. The van der Waals surface area contributed by atoms with Gasteiger partial charge in [-0.2, -0.15) is 0 Å². The van der Waals surface area contributed by atoms with Gasteiger partial charge in [-0.3, -0.25) is 0 Å². The van der Waals surface area contributed by atoms with Crippen molar-refractivity contribution in [3.63, 3.8) is 0 Å². The van der Waals surface area contributed by atoms with E-state index in [4.69, 9.17) is 5.73 Å². The Balaban J connectivity index is 1.44. The summed E-state index contributed by atoms with van der Waals surface area (Å²) in [6, 6.07) is 8.98. The van der Waals surface area contributed by atoms with Gasteiger partial charge in [0.25, 0.3) is 0 Å². The first kappa shape index (κ1) is 13.7. The molecule has 0 aliphatic heterocycles. The van der Waals surface area contributed by atoms with Crippen LogP contribution in [0.3, 0.4) is 0 Å². The van der Waals surface area contributed by atoms with Gasteiger partial charge in [-0.1, -0.05) is 18.2 Å². The number of aromatic nitrogens is 1. The minimum Gasteiger partial charge on any atom is -0.361 e. The molecular formula is C17H25N3. The fourth-order valence-electron chi connectivity index (χ4n) is 3.26. The molecule has 0 amide bonds. The quantitative estimate of drug-likeness (QED) is 0.732. The summed E-state index contributed by atoms with van der Waals surface area (Å²) in [7, 11) is 0. The van der Waals surface area contributed by atoms with Gasteiger partial charge in [0.2, 0.25) is 0 Å².